The second-order valence-electron chi connectivity index (χ2n) is 6.83. The molecular weight excluding hydrogens is 426 g/mol. The molecule has 0 spiro atoms. The van der Waals surface area contributed by atoms with Crippen LogP contribution in [0.4, 0.5) is 11.6 Å². The normalized spacial score (nSPS) is 12.4. The van der Waals surface area contributed by atoms with E-state index in [9.17, 15) is 19.7 Å². The molecule has 0 saturated carbocycles. The number of benzene rings is 1. The van der Waals surface area contributed by atoms with Gasteiger partial charge in [-0.3, -0.25) is 28.6 Å². The van der Waals surface area contributed by atoms with Gasteiger partial charge < -0.3 is 0 Å². The van der Waals surface area contributed by atoms with E-state index >= 15 is 0 Å². The second-order valence-corrected chi connectivity index (χ2v) is 7.42. The topological polar surface area (TPSA) is 129 Å². The Kier molecular flexibility index (Phi) is 6.07. The number of nitrogens with zero attached hydrogens (tertiary/aromatic N) is 6. The lowest BCUT2D eigenvalue weighted by Gasteiger charge is -2.07. The smallest absolute Gasteiger partial charge is 0.299 e. The highest BCUT2D eigenvalue weighted by atomic mass is 35.5. The summed E-state index contributed by atoms with van der Waals surface area (Å²) in [6, 6.07) is 5.94. The van der Waals surface area contributed by atoms with E-state index in [1.54, 1.807) is 36.6 Å². The highest BCUT2D eigenvalue weighted by Gasteiger charge is 2.18. The van der Waals surface area contributed by atoms with Crippen molar-refractivity contribution >= 4 is 40.1 Å². The third kappa shape index (κ3) is 4.26. The molecule has 0 fully saturated rings. The number of nitrogens with one attached hydrogen (secondary N) is 1. The fourth-order valence-electron chi connectivity index (χ4n) is 2.95. The van der Waals surface area contributed by atoms with Crippen molar-refractivity contribution in [3.05, 3.63) is 71.9 Å². The molecule has 1 N–H and O–H groups in total. The Labute approximate surface area is 181 Å². The average Bonchev–Trinajstić information content (AvgIpc) is 3.11. The van der Waals surface area contributed by atoms with Gasteiger partial charge in [-0.1, -0.05) is 17.7 Å². The van der Waals surface area contributed by atoms with Crippen LogP contribution in [-0.2, 0) is 20.6 Å². The first-order chi connectivity index (χ1) is 14.6. The third-order valence-corrected chi connectivity index (χ3v) is 4.88. The van der Waals surface area contributed by atoms with Gasteiger partial charge in [0.1, 0.15) is 0 Å². The van der Waals surface area contributed by atoms with Gasteiger partial charge in [0.05, 0.1) is 10.6 Å². The standard InChI is InChI=1S/C19H20ClN7O4/c1-11(20)9-10-26-15-16(24(3)19(29)25(4)17(15)28)21-18(26)23-22-12(2)13-5-7-14(8-6-13)27(30)31/h5-9H,10H2,1-4H3,(H,21,23)/b11-9+,22-12+. The van der Waals surface area contributed by atoms with Crippen LogP contribution in [0, 0.1) is 10.1 Å². The third-order valence-electron chi connectivity index (χ3n) is 4.72. The Morgan fingerprint density at radius 1 is 1.23 bits per heavy atom. The number of anilines is 1. The van der Waals surface area contributed by atoms with E-state index in [-0.39, 0.29) is 29.3 Å². The van der Waals surface area contributed by atoms with E-state index in [2.05, 4.69) is 15.5 Å². The molecule has 1 aromatic carbocycles. The van der Waals surface area contributed by atoms with E-state index < -0.39 is 16.2 Å². The van der Waals surface area contributed by atoms with Gasteiger partial charge in [0.2, 0.25) is 5.95 Å². The summed E-state index contributed by atoms with van der Waals surface area (Å²) in [5, 5.41) is 15.6. The molecule has 0 saturated heterocycles. The molecular formula is C19H20ClN7O4. The molecule has 3 aromatic rings. The zero-order chi connectivity index (χ0) is 22.9. The zero-order valence-electron chi connectivity index (χ0n) is 17.3. The number of nitro groups is 1. The average molecular weight is 446 g/mol. The molecule has 2 aromatic heterocycles. The Balaban J connectivity index is 2.08. The Morgan fingerprint density at radius 2 is 1.87 bits per heavy atom. The summed E-state index contributed by atoms with van der Waals surface area (Å²) < 4.78 is 3.87. The number of non-ortho nitro benzene ring substituents is 1. The maximum atomic E-state index is 12.7. The lowest BCUT2D eigenvalue weighted by Crippen LogP contribution is -2.37. The van der Waals surface area contributed by atoms with E-state index in [1.807, 2.05) is 0 Å². The maximum Gasteiger partial charge on any atom is 0.332 e. The molecule has 12 heteroatoms. The van der Waals surface area contributed by atoms with Crippen LogP contribution in [0.5, 0.6) is 0 Å². The minimum Gasteiger partial charge on any atom is -0.299 e. The Morgan fingerprint density at radius 3 is 2.45 bits per heavy atom. The summed E-state index contributed by atoms with van der Waals surface area (Å²) in [6.07, 6.45) is 1.70. The Hall–Kier alpha value is -3.73. The van der Waals surface area contributed by atoms with Gasteiger partial charge in [0, 0.05) is 37.8 Å². The summed E-state index contributed by atoms with van der Waals surface area (Å²) in [6.45, 7) is 3.66. The highest BCUT2D eigenvalue weighted by Crippen LogP contribution is 2.17. The summed E-state index contributed by atoms with van der Waals surface area (Å²) in [5.74, 6) is 0.240. The molecule has 0 amide bonds. The number of halogens is 1. The van der Waals surface area contributed by atoms with E-state index in [0.29, 0.717) is 16.3 Å². The number of nitro benzene ring substituents is 1. The quantitative estimate of drug-likeness (QED) is 0.352. The minimum absolute atomic E-state index is 0.0219. The highest BCUT2D eigenvalue weighted by molar-refractivity contribution is 6.29. The summed E-state index contributed by atoms with van der Waals surface area (Å²) in [4.78, 5) is 39.7. The summed E-state index contributed by atoms with van der Waals surface area (Å²) in [7, 11) is 2.92. The van der Waals surface area contributed by atoms with E-state index in [1.165, 1.54) is 30.8 Å². The SMILES string of the molecule is C/C(Cl)=C\Cn1c(N/N=C(\C)c2ccc([N+](=O)[O-])cc2)nc2c1c(=O)n(C)c(=O)n2C. The number of imidazole rings is 1. The Bertz CT molecular complexity index is 1340. The fraction of sp³-hybridized carbons (Fsp3) is 0.263. The molecule has 2 heterocycles. The van der Waals surface area contributed by atoms with Crippen LogP contribution in [0.3, 0.4) is 0 Å². The number of aryl methyl sites for hydroxylation is 1. The number of hydrogen-bond donors (Lipinski definition) is 1. The van der Waals surface area contributed by atoms with E-state index in [4.69, 9.17) is 11.6 Å². The summed E-state index contributed by atoms with van der Waals surface area (Å²) in [5.41, 5.74) is 3.46. The molecule has 31 heavy (non-hydrogen) atoms. The van der Waals surface area contributed by atoms with Crippen LogP contribution in [0.15, 0.2) is 50.1 Å². The first-order valence-corrected chi connectivity index (χ1v) is 9.53. The lowest BCUT2D eigenvalue weighted by atomic mass is 10.1. The van der Waals surface area contributed by atoms with Gasteiger partial charge in [-0.05, 0) is 31.5 Å². The van der Waals surface area contributed by atoms with Crippen molar-refractivity contribution < 1.29 is 4.92 Å². The van der Waals surface area contributed by atoms with Gasteiger partial charge in [-0.2, -0.15) is 10.1 Å². The van der Waals surface area contributed by atoms with Gasteiger partial charge in [0.25, 0.3) is 11.2 Å². The summed E-state index contributed by atoms with van der Waals surface area (Å²) >= 11 is 5.96. The maximum absolute atomic E-state index is 12.7. The van der Waals surface area contributed by atoms with Crippen LogP contribution < -0.4 is 16.7 Å². The van der Waals surface area contributed by atoms with Crippen LogP contribution >= 0.6 is 11.6 Å². The molecule has 0 aliphatic heterocycles. The molecule has 3 rings (SSSR count). The molecule has 0 atom stereocenters. The molecule has 0 unspecified atom stereocenters. The van der Waals surface area contributed by atoms with Crippen molar-refractivity contribution in [1.82, 2.24) is 18.7 Å². The monoisotopic (exact) mass is 445 g/mol. The first-order valence-electron chi connectivity index (χ1n) is 9.15. The predicted molar refractivity (Wildman–Crippen MR) is 119 cm³/mol. The molecule has 0 aliphatic carbocycles. The van der Waals surface area contributed by atoms with Crippen LogP contribution in [0.2, 0.25) is 0 Å². The van der Waals surface area contributed by atoms with Crippen molar-refractivity contribution in [2.75, 3.05) is 5.43 Å². The lowest BCUT2D eigenvalue weighted by molar-refractivity contribution is -0.384. The molecule has 162 valence electrons. The van der Waals surface area contributed by atoms with Gasteiger partial charge in [-0.25, -0.2) is 10.2 Å². The zero-order valence-corrected chi connectivity index (χ0v) is 18.0. The van der Waals surface area contributed by atoms with Crippen molar-refractivity contribution in [3.63, 3.8) is 0 Å². The van der Waals surface area contributed by atoms with Gasteiger partial charge in [0.15, 0.2) is 11.2 Å². The number of aromatic nitrogens is 4. The number of rotatable bonds is 6. The number of hydrogen-bond acceptors (Lipinski definition) is 7. The number of fused-ring (bicyclic) bond motifs is 1. The van der Waals surface area contributed by atoms with Crippen LogP contribution in [0.1, 0.15) is 19.4 Å². The van der Waals surface area contributed by atoms with Crippen molar-refractivity contribution in [3.8, 4) is 0 Å². The minimum atomic E-state index is -0.497. The number of hydrazone groups is 1. The van der Waals surface area contributed by atoms with Crippen molar-refractivity contribution in [2.45, 2.75) is 20.4 Å². The predicted octanol–water partition coefficient (Wildman–Crippen LogP) is 2.32. The van der Waals surface area contributed by atoms with Crippen molar-refractivity contribution in [1.29, 1.82) is 0 Å². The first kappa shape index (κ1) is 22.0. The molecule has 0 aliphatic rings. The second kappa shape index (κ2) is 8.56. The fourth-order valence-corrected chi connectivity index (χ4v) is 3.02. The number of allylic oxidation sites excluding steroid dienone is 2. The van der Waals surface area contributed by atoms with Crippen LogP contribution in [-0.4, -0.2) is 29.3 Å². The van der Waals surface area contributed by atoms with E-state index in [0.717, 1.165) is 4.57 Å². The van der Waals surface area contributed by atoms with Gasteiger partial charge >= 0.3 is 5.69 Å². The van der Waals surface area contributed by atoms with Crippen molar-refractivity contribution in [2.24, 2.45) is 19.2 Å². The molecule has 0 bridgehead atoms. The van der Waals surface area contributed by atoms with Crippen LogP contribution in [0.25, 0.3) is 11.2 Å². The van der Waals surface area contributed by atoms with Gasteiger partial charge in [-0.15, -0.1) is 0 Å². The largest absolute Gasteiger partial charge is 0.332 e. The molecule has 11 nitrogen and oxygen atoms in total. The molecule has 0 radical (unpaired) electrons.